The molecule has 0 radical (unpaired) electrons. The fourth-order valence-electron chi connectivity index (χ4n) is 3.76. The van der Waals surface area contributed by atoms with Gasteiger partial charge in [0.05, 0.1) is 0 Å². The molecule has 1 aromatic rings. The average molecular weight is 409 g/mol. The number of benzene rings is 1. The van der Waals surface area contributed by atoms with E-state index in [1.54, 1.807) is 0 Å². The maximum Gasteiger partial charge on any atom is 0.185 e. The Labute approximate surface area is 161 Å². The van der Waals surface area contributed by atoms with Gasteiger partial charge in [-0.05, 0) is 61.1 Å². The lowest BCUT2D eigenvalue weighted by Gasteiger charge is -2.33. The zero-order chi connectivity index (χ0) is 18.2. The zero-order valence-corrected chi connectivity index (χ0v) is 17.2. The molecule has 0 aromatic heterocycles. The highest BCUT2D eigenvalue weighted by atomic mass is 79.9. The van der Waals surface area contributed by atoms with E-state index in [-0.39, 0.29) is 5.96 Å². The normalized spacial score (nSPS) is 20.8. The first-order valence-corrected chi connectivity index (χ1v) is 10.2. The molecule has 1 fully saturated rings. The van der Waals surface area contributed by atoms with Gasteiger partial charge in [-0.1, -0.05) is 41.9 Å². The monoisotopic (exact) mass is 408 g/mol. The predicted molar refractivity (Wildman–Crippen MR) is 110 cm³/mol. The summed E-state index contributed by atoms with van der Waals surface area (Å²) in [5.41, 5.74) is 12.3. The van der Waals surface area contributed by atoms with Crippen LogP contribution in [0.5, 0.6) is 0 Å². The van der Waals surface area contributed by atoms with Gasteiger partial charge in [0.1, 0.15) is 0 Å². The van der Waals surface area contributed by atoms with Crippen molar-refractivity contribution in [3.63, 3.8) is 0 Å². The van der Waals surface area contributed by atoms with E-state index < -0.39 is 0 Å². The van der Waals surface area contributed by atoms with E-state index in [2.05, 4.69) is 63.9 Å². The van der Waals surface area contributed by atoms with Crippen LogP contribution in [-0.2, 0) is 6.54 Å². The first-order chi connectivity index (χ1) is 11.9. The topological polar surface area (TPSA) is 67.6 Å². The Morgan fingerprint density at radius 2 is 1.72 bits per heavy atom. The SMILES string of the molecule is CC(C)CN(Cc1ccc(Br)cc1)CC1CCC(CN=C(N)N)CC1. The molecule has 0 saturated heterocycles. The Hall–Kier alpha value is -1.07. The van der Waals surface area contributed by atoms with Gasteiger partial charge in [0.15, 0.2) is 5.96 Å². The fourth-order valence-corrected chi connectivity index (χ4v) is 4.03. The van der Waals surface area contributed by atoms with Crippen LogP contribution in [0.3, 0.4) is 0 Å². The molecular weight excluding hydrogens is 376 g/mol. The van der Waals surface area contributed by atoms with Crippen LogP contribution in [0.4, 0.5) is 0 Å². The number of hydrogen-bond donors (Lipinski definition) is 2. The van der Waals surface area contributed by atoms with E-state index in [4.69, 9.17) is 11.5 Å². The Balaban J connectivity index is 1.85. The maximum atomic E-state index is 5.45. The lowest BCUT2D eigenvalue weighted by Crippen LogP contribution is -2.34. The van der Waals surface area contributed by atoms with Gasteiger partial charge in [-0.2, -0.15) is 0 Å². The Bertz CT molecular complexity index is 529. The van der Waals surface area contributed by atoms with Gasteiger partial charge < -0.3 is 11.5 Å². The molecule has 4 N–H and O–H groups in total. The fraction of sp³-hybridized carbons (Fsp3) is 0.650. The third-order valence-electron chi connectivity index (χ3n) is 4.96. The van der Waals surface area contributed by atoms with Crippen molar-refractivity contribution in [2.24, 2.45) is 34.2 Å². The molecule has 1 aliphatic rings. The highest BCUT2D eigenvalue weighted by Crippen LogP contribution is 2.30. The minimum absolute atomic E-state index is 0.222. The maximum absolute atomic E-state index is 5.45. The van der Waals surface area contributed by atoms with Gasteiger partial charge >= 0.3 is 0 Å². The van der Waals surface area contributed by atoms with Crippen LogP contribution >= 0.6 is 15.9 Å². The van der Waals surface area contributed by atoms with E-state index in [1.165, 1.54) is 37.8 Å². The van der Waals surface area contributed by atoms with E-state index >= 15 is 0 Å². The summed E-state index contributed by atoms with van der Waals surface area (Å²) in [6.45, 7) is 8.80. The van der Waals surface area contributed by atoms with Crippen molar-refractivity contribution in [1.29, 1.82) is 0 Å². The van der Waals surface area contributed by atoms with Gasteiger partial charge in [-0.3, -0.25) is 9.89 Å². The van der Waals surface area contributed by atoms with Crippen molar-refractivity contribution < 1.29 is 0 Å². The molecule has 25 heavy (non-hydrogen) atoms. The molecule has 0 bridgehead atoms. The van der Waals surface area contributed by atoms with Gasteiger partial charge in [-0.25, -0.2) is 0 Å². The average Bonchev–Trinajstić information content (AvgIpc) is 2.55. The van der Waals surface area contributed by atoms with Gasteiger partial charge in [0.25, 0.3) is 0 Å². The molecule has 1 aliphatic carbocycles. The zero-order valence-electron chi connectivity index (χ0n) is 15.6. The first-order valence-electron chi connectivity index (χ1n) is 9.44. The summed E-state index contributed by atoms with van der Waals surface area (Å²) in [6.07, 6.45) is 5.07. The molecule has 0 heterocycles. The van der Waals surface area contributed by atoms with Crippen LogP contribution in [0.1, 0.15) is 45.1 Å². The molecule has 0 amide bonds. The summed E-state index contributed by atoms with van der Waals surface area (Å²) in [7, 11) is 0. The molecule has 5 heteroatoms. The van der Waals surface area contributed by atoms with Crippen molar-refractivity contribution in [3.8, 4) is 0 Å². The summed E-state index contributed by atoms with van der Waals surface area (Å²) >= 11 is 3.52. The van der Waals surface area contributed by atoms with Crippen LogP contribution in [0.2, 0.25) is 0 Å². The first kappa shape index (κ1) is 20.2. The van der Waals surface area contributed by atoms with Gasteiger partial charge in [0.2, 0.25) is 0 Å². The van der Waals surface area contributed by atoms with Crippen molar-refractivity contribution in [2.75, 3.05) is 19.6 Å². The van der Waals surface area contributed by atoms with E-state index in [0.29, 0.717) is 11.8 Å². The molecule has 0 atom stereocenters. The van der Waals surface area contributed by atoms with Gasteiger partial charge in [-0.15, -0.1) is 0 Å². The highest BCUT2D eigenvalue weighted by Gasteiger charge is 2.23. The number of hydrogen-bond acceptors (Lipinski definition) is 2. The van der Waals surface area contributed by atoms with Crippen molar-refractivity contribution >= 4 is 21.9 Å². The molecule has 0 unspecified atom stereocenters. The van der Waals surface area contributed by atoms with Crippen LogP contribution < -0.4 is 11.5 Å². The largest absolute Gasteiger partial charge is 0.370 e. The van der Waals surface area contributed by atoms with Crippen LogP contribution in [0, 0.1) is 17.8 Å². The van der Waals surface area contributed by atoms with E-state index in [1.807, 2.05) is 0 Å². The molecule has 1 aromatic carbocycles. The minimum Gasteiger partial charge on any atom is -0.370 e. The molecule has 1 saturated carbocycles. The second-order valence-corrected chi connectivity index (χ2v) is 8.78. The van der Waals surface area contributed by atoms with Crippen LogP contribution in [-0.4, -0.2) is 30.5 Å². The third-order valence-corrected chi connectivity index (χ3v) is 5.49. The molecular formula is C20H33BrN4. The Kier molecular flexibility index (Phi) is 8.24. The third kappa shape index (κ3) is 7.78. The Morgan fingerprint density at radius 3 is 2.28 bits per heavy atom. The molecule has 0 spiro atoms. The van der Waals surface area contributed by atoms with E-state index in [9.17, 15) is 0 Å². The van der Waals surface area contributed by atoms with Gasteiger partial charge in [0, 0.05) is 30.7 Å². The molecule has 140 valence electrons. The summed E-state index contributed by atoms with van der Waals surface area (Å²) in [5.74, 6) is 2.36. The summed E-state index contributed by atoms with van der Waals surface area (Å²) < 4.78 is 1.14. The number of aliphatic imine (C=N–C) groups is 1. The quantitative estimate of drug-likeness (QED) is 0.504. The predicted octanol–water partition coefficient (Wildman–Crippen LogP) is 3.99. The van der Waals surface area contributed by atoms with Crippen LogP contribution in [0.15, 0.2) is 33.7 Å². The summed E-state index contributed by atoms with van der Waals surface area (Å²) in [4.78, 5) is 6.83. The number of guanidine groups is 1. The second kappa shape index (κ2) is 10.2. The number of nitrogens with two attached hydrogens (primary N) is 2. The highest BCUT2D eigenvalue weighted by molar-refractivity contribution is 9.10. The standard InChI is InChI=1S/C20H33BrN4/c1-15(2)12-25(14-18-7-9-19(21)10-8-18)13-17-5-3-16(4-6-17)11-24-20(22)23/h7-10,15-17H,3-6,11-14H2,1-2H3,(H4,22,23,24). The van der Waals surface area contributed by atoms with Crippen LogP contribution in [0.25, 0.3) is 0 Å². The van der Waals surface area contributed by atoms with Crippen molar-refractivity contribution in [2.45, 2.75) is 46.1 Å². The lowest BCUT2D eigenvalue weighted by atomic mass is 9.81. The minimum atomic E-state index is 0.222. The lowest BCUT2D eigenvalue weighted by molar-refractivity contribution is 0.162. The molecule has 4 nitrogen and oxygen atoms in total. The van der Waals surface area contributed by atoms with Crippen molar-refractivity contribution in [3.05, 3.63) is 34.3 Å². The summed E-state index contributed by atoms with van der Waals surface area (Å²) in [6, 6.07) is 8.72. The Morgan fingerprint density at radius 1 is 1.12 bits per heavy atom. The number of rotatable bonds is 8. The number of nitrogens with zero attached hydrogens (tertiary/aromatic N) is 2. The second-order valence-electron chi connectivity index (χ2n) is 7.87. The number of halogens is 1. The van der Waals surface area contributed by atoms with E-state index in [0.717, 1.165) is 30.0 Å². The summed E-state index contributed by atoms with van der Waals surface area (Å²) in [5, 5.41) is 0. The molecule has 2 rings (SSSR count). The molecule has 0 aliphatic heterocycles. The smallest absolute Gasteiger partial charge is 0.185 e. The van der Waals surface area contributed by atoms with Crippen molar-refractivity contribution in [1.82, 2.24) is 4.90 Å².